The number of pyridine rings is 1. The molecule has 0 aliphatic carbocycles. The average Bonchev–Trinajstić information content (AvgIpc) is 2.58. The Hall–Kier alpha value is -1.60. The van der Waals surface area contributed by atoms with E-state index < -0.39 is 0 Å². The number of aryl methyl sites for hydroxylation is 1. The van der Waals surface area contributed by atoms with Gasteiger partial charge >= 0.3 is 0 Å². The molecule has 1 fully saturated rings. The van der Waals surface area contributed by atoms with E-state index in [-0.39, 0.29) is 0 Å². The Kier molecular flexibility index (Phi) is 3.94. The first-order valence-corrected chi connectivity index (χ1v) is 6.14. The zero-order valence-corrected chi connectivity index (χ0v) is 10.2. The van der Waals surface area contributed by atoms with Gasteiger partial charge in [0.25, 0.3) is 0 Å². The van der Waals surface area contributed by atoms with Crippen LogP contribution in [0.4, 0.5) is 5.82 Å². The predicted octanol–water partition coefficient (Wildman–Crippen LogP) is 1.82. The molecule has 2 N–H and O–H groups in total. The fourth-order valence-electron chi connectivity index (χ4n) is 2.11. The predicted molar refractivity (Wildman–Crippen MR) is 67.8 cm³/mol. The van der Waals surface area contributed by atoms with E-state index in [4.69, 9.17) is 5.26 Å². The monoisotopic (exact) mass is 230 g/mol. The van der Waals surface area contributed by atoms with Crippen LogP contribution in [0, 0.1) is 18.3 Å². The summed E-state index contributed by atoms with van der Waals surface area (Å²) >= 11 is 0. The van der Waals surface area contributed by atoms with Crippen molar-refractivity contribution in [3.8, 4) is 6.07 Å². The zero-order valence-electron chi connectivity index (χ0n) is 10.2. The highest BCUT2D eigenvalue weighted by atomic mass is 15.0. The van der Waals surface area contributed by atoms with E-state index in [2.05, 4.69) is 21.7 Å². The number of hydrogen-bond donors (Lipinski definition) is 2. The van der Waals surface area contributed by atoms with Gasteiger partial charge in [0.1, 0.15) is 11.9 Å². The summed E-state index contributed by atoms with van der Waals surface area (Å²) < 4.78 is 0. The molecule has 2 heterocycles. The molecule has 1 saturated heterocycles. The SMILES string of the molecule is Cc1ccc(C#N)c(NC2CCCNCC2)n1. The quantitative estimate of drug-likeness (QED) is 0.813. The van der Waals surface area contributed by atoms with Gasteiger partial charge in [-0.3, -0.25) is 0 Å². The number of anilines is 1. The third-order valence-corrected chi connectivity index (χ3v) is 3.07. The van der Waals surface area contributed by atoms with Gasteiger partial charge in [-0.1, -0.05) is 0 Å². The fourth-order valence-corrected chi connectivity index (χ4v) is 2.11. The Morgan fingerprint density at radius 2 is 2.29 bits per heavy atom. The molecule has 0 radical (unpaired) electrons. The second-order valence-electron chi connectivity index (χ2n) is 4.48. The molecule has 17 heavy (non-hydrogen) atoms. The molecule has 1 atom stereocenters. The summed E-state index contributed by atoms with van der Waals surface area (Å²) in [4.78, 5) is 4.41. The minimum absolute atomic E-state index is 0.423. The topological polar surface area (TPSA) is 60.7 Å². The van der Waals surface area contributed by atoms with Crippen molar-refractivity contribution in [1.82, 2.24) is 10.3 Å². The normalized spacial score (nSPS) is 20.4. The smallest absolute Gasteiger partial charge is 0.144 e. The lowest BCUT2D eigenvalue weighted by Gasteiger charge is -2.17. The summed E-state index contributed by atoms with van der Waals surface area (Å²) in [6.45, 7) is 4.07. The number of nitrogens with one attached hydrogen (secondary N) is 2. The number of rotatable bonds is 2. The molecule has 0 bridgehead atoms. The van der Waals surface area contributed by atoms with E-state index in [1.165, 1.54) is 6.42 Å². The van der Waals surface area contributed by atoms with Crippen LogP contribution in [0.5, 0.6) is 0 Å². The Labute approximate surface area is 102 Å². The van der Waals surface area contributed by atoms with Crippen molar-refractivity contribution in [2.75, 3.05) is 18.4 Å². The van der Waals surface area contributed by atoms with E-state index in [1.54, 1.807) is 0 Å². The standard InChI is InChI=1S/C13H18N4/c1-10-4-5-11(9-14)13(16-10)17-12-3-2-7-15-8-6-12/h4-5,12,15H,2-3,6-8H2,1H3,(H,16,17). The lowest BCUT2D eigenvalue weighted by Crippen LogP contribution is -2.22. The summed E-state index contributed by atoms with van der Waals surface area (Å²) in [6, 6.07) is 6.32. The van der Waals surface area contributed by atoms with Crippen molar-refractivity contribution in [2.24, 2.45) is 0 Å². The van der Waals surface area contributed by atoms with Crippen LogP contribution in [-0.2, 0) is 0 Å². The maximum Gasteiger partial charge on any atom is 0.144 e. The zero-order chi connectivity index (χ0) is 12.1. The summed E-state index contributed by atoms with van der Waals surface area (Å²) in [5.74, 6) is 0.736. The third-order valence-electron chi connectivity index (χ3n) is 3.07. The van der Waals surface area contributed by atoms with E-state index in [0.717, 1.165) is 37.4 Å². The van der Waals surface area contributed by atoms with E-state index in [0.29, 0.717) is 11.6 Å². The summed E-state index contributed by atoms with van der Waals surface area (Å²) in [7, 11) is 0. The van der Waals surface area contributed by atoms with Crippen molar-refractivity contribution < 1.29 is 0 Å². The first-order valence-electron chi connectivity index (χ1n) is 6.14. The van der Waals surface area contributed by atoms with Crippen LogP contribution in [0.1, 0.15) is 30.5 Å². The van der Waals surface area contributed by atoms with Gasteiger partial charge < -0.3 is 10.6 Å². The van der Waals surface area contributed by atoms with Gasteiger partial charge in [-0.05, 0) is 51.4 Å². The molecule has 1 aliphatic rings. The van der Waals surface area contributed by atoms with E-state index >= 15 is 0 Å². The van der Waals surface area contributed by atoms with Crippen LogP contribution in [0.25, 0.3) is 0 Å². The van der Waals surface area contributed by atoms with Gasteiger partial charge in [-0.25, -0.2) is 4.98 Å². The van der Waals surface area contributed by atoms with Gasteiger partial charge in [0.15, 0.2) is 0 Å². The molecule has 1 aromatic rings. The largest absolute Gasteiger partial charge is 0.366 e. The van der Waals surface area contributed by atoms with Crippen molar-refractivity contribution in [2.45, 2.75) is 32.2 Å². The molecule has 0 aromatic carbocycles. The molecular weight excluding hydrogens is 212 g/mol. The van der Waals surface area contributed by atoms with Gasteiger partial charge in [0, 0.05) is 11.7 Å². The summed E-state index contributed by atoms with van der Waals surface area (Å²) in [5.41, 5.74) is 1.58. The molecule has 2 rings (SSSR count). The number of nitriles is 1. The maximum atomic E-state index is 9.05. The van der Waals surface area contributed by atoms with Gasteiger partial charge in [-0.2, -0.15) is 5.26 Å². The van der Waals surface area contributed by atoms with Gasteiger partial charge in [0.2, 0.25) is 0 Å². The molecule has 90 valence electrons. The van der Waals surface area contributed by atoms with Crippen LogP contribution in [0.15, 0.2) is 12.1 Å². The van der Waals surface area contributed by atoms with Crippen LogP contribution in [0.2, 0.25) is 0 Å². The number of aromatic nitrogens is 1. The molecule has 1 unspecified atom stereocenters. The Morgan fingerprint density at radius 1 is 1.41 bits per heavy atom. The molecule has 4 heteroatoms. The lowest BCUT2D eigenvalue weighted by molar-refractivity contribution is 0.634. The van der Waals surface area contributed by atoms with Crippen molar-refractivity contribution >= 4 is 5.82 Å². The average molecular weight is 230 g/mol. The van der Waals surface area contributed by atoms with Gasteiger partial charge in [0.05, 0.1) is 5.56 Å². The molecule has 4 nitrogen and oxygen atoms in total. The molecule has 1 aromatic heterocycles. The second-order valence-corrected chi connectivity index (χ2v) is 4.48. The minimum Gasteiger partial charge on any atom is -0.366 e. The Morgan fingerprint density at radius 3 is 3.12 bits per heavy atom. The highest BCUT2D eigenvalue weighted by Gasteiger charge is 2.14. The third kappa shape index (κ3) is 3.18. The highest BCUT2D eigenvalue weighted by Crippen LogP contribution is 2.17. The molecule has 0 saturated carbocycles. The number of hydrogen-bond acceptors (Lipinski definition) is 4. The fraction of sp³-hybridized carbons (Fsp3) is 0.538. The van der Waals surface area contributed by atoms with Crippen molar-refractivity contribution in [3.05, 3.63) is 23.4 Å². The lowest BCUT2D eigenvalue weighted by atomic mass is 10.1. The highest BCUT2D eigenvalue weighted by molar-refractivity contribution is 5.52. The first kappa shape index (κ1) is 11.9. The molecule has 0 amide bonds. The van der Waals surface area contributed by atoms with E-state index in [9.17, 15) is 0 Å². The van der Waals surface area contributed by atoms with E-state index in [1.807, 2.05) is 19.1 Å². The van der Waals surface area contributed by atoms with Crippen LogP contribution < -0.4 is 10.6 Å². The Bertz CT molecular complexity index is 414. The maximum absolute atomic E-state index is 9.05. The van der Waals surface area contributed by atoms with Crippen molar-refractivity contribution in [3.63, 3.8) is 0 Å². The summed E-state index contributed by atoms with van der Waals surface area (Å²) in [6.07, 6.45) is 3.39. The second kappa shape index (κ2) is 5.65. The minimum atomic E-state index is 0.423. The number of nitrogens with zero attached hydrogens (tertiary/aromatic N) is 2. The molecule has 1 aliphatic heterocycles. The van der Waals surface area contributed by atoms with Crippen LogP contribution >= 0.6 is 0 Å². The van der Waals surface area contributed by atoms with Gasteiger partial charge in [-0.15, -0.1) is 0 Å². The van der Waals surface area contributed by atoms with Crippen LogP contribution in [0.3, 0.4) is 0 Å². The Balaban J connectivity index is 2.11. The van der Waals surface area contributed by atoms with Crippen LogP contribution in [-0.4, -0.2) is 24.1 Å². The van der Waals surface area contributed by atoms with Crippen molar-refractivity contribution in [1.29, 1.82) is 5.26 Å². The summed E-state index contributed by atoms with van der Waals surface area (Å²) in [5, 5.41) is 15.8. The molecule has 0 spiro atoms. The first-order chi connectivity index (χ1) is 8.29. The molecular formula is C13H18N4.